The summed E-state index contributed by atoms with van der Waals surface area (Å²) < 4.78 is 36.7. The van der Waals surface area contributed by atoms with Crippen LogP contribution in [0.15, 0.2) is 35.4 Å². The van der Waals surface area contributed by atoms with Crippen molar-refractivity contribution in [3.05, 3.63) is 30.5 Å². The number of para-hydroxylation sites is 1. The Labute approximate surface area is 98.9 Å². The predicted molar refractivity (Wildman–Crippen MR) is 63.9 cm³/mol. The molecule has 0 fully saturated rings. The average Bonchev–Trinajstić information content (AvgIpc) is 2.65. The zero-order valence-electron chi connectivity index (χ0n) is 9.14. The Hall–Kier alpha value is -1.40. The number of benzene rings is 1. The summed E-state index contributed by atoms with van der Waals surface area (Å²) in [5.41, 5.74) is 0.755. The van der Waals surface area contributed by atoms with E-state index in [9.17, 15) is 12.8 Å². The number of alkyl halides is 1. The van der Waals surface area contributed by atoms with E-state index in [0.29, 0.717) is 18.4 Å². The third-order valence-corrected chi connectivity index (χ3v) is 3.53. The molecular formula is C11H13FN2O2S. The summed E-state index contributed by atoms with van der Waals surface area (Å²) in [5, 5.41) is 5.73. The minimum Gasteiger partial charge on any atom is -0.346 e. The second kappa shape index (κ2) is 4.46. The van der Waals surface area contributed by atoms with Crippen molar-refractivity contribution in [2.45, 2.75) is 17.9 Å². The zero-order chi connectivity index (χ0) is 12.5. The number of rotatable bonds is 4. The van der Waals surface area contributed by atoms with Gasteiger partial charge in [-0.2, -0.15) is 0 Å². The molecule has 0 aliphatic rings. The van der Waals surface area contributed by atoms with Gasteiger partial charge in [-0.15, -0.1) is 0 Å². The number of hydrogen-bond donors (Lipinski definition) is 1. The van der Waals surface area contributed by atoms with Crippen molar-refractivity contribution in [1.29, 1.82) is 0 Å². The van der Waals surface area contributed by atoms with Gasteiger partial charge >= 0.3 is 0 Å². The lowest BCUT2D eigenvalue weighted by atomic mass is 10.2. The summed E-state index contributed by atoms with van der Waals surface area (Å²) in [7, 11) is -3.75. The normalized spacial score (nSPS) is 12.1. The van der Waals surface area contributed by atoms with Crippen molar-refractivity contribution in [3.63, 3.8) is 0 Å². The summed E-state index contributed by atoms with van der Waals surface area (Å²) in [6.07, 6.45) is 1.82. The zero-order valence-corrected chi connectivity index (χ0v) is 9.95. The largest absolute Gasteiger partial charge is 0.346 e. The summed E-state index contributed by atoms with van der Waals surface area (Å²) >= 11 is 0. The first-order valence-corrected chi connectivity index (χ1v) is 6.75. The maximum atomic E-state index is 12.2. The molecule has 4 nitrogen and oxygen atoms in total. The highest BCUT2D eigenvalue weighted by Gasteiger charge is 2.16. The average molecular weight is 256 g/mol. The van der Waals surface area contributed by atoms with E-state index in [1.807, 2.05) is 0 Å². The molecule has 2 aromatic rings. The molecule has 0 bridgehead atoms. The quantitative estimate of drug-likeness (QED) is 0.903. The van der Waals surface area contributed by atoms with Crippen molar-refractivity contribution in [3.8, 4) is 0 Å². The highest BCUT2D eigenvalue weighted by Crippen LogP contribution is 2.24. The van der Waals surface area contributed by atoms with E-state index in [4.69, 9.17) is 5.14 Å². The lowest BCUT2D eigenvalue weighted by Crippen LogP contribution is -2.11. The van der Waals surface area contributed by atoms with E-state index in [0.717, 1.165) is 5.52 Å². The molecule has 0 radical (unpaired) electrons. The monoisotopic (exact) mass is 256 g/mol. The Morgan fingerprint density at radius 3 is 2.65 bits per heavy atom. The Morgan fingerprint density at radius 1 is 1.29 bits per heavy atom. The highest BCUT2D eigenvalue weighted by atomic mass is 32.2. The molecule has 1 aromatic heterocycles. The molecular weight excluding hydrogens is 243 g/mol. The second-order valence-corrected chi connectivity index (χ2v) is 5.32. The molecule has 0 saturated heterocycles. The molecule has 1 aromatic carbocycles. The highest BCUT2D eigenvalue weighted by molar-refractivity contribution is 7.89. The lowest BCUT2D eigenvalue weighted by Gasteiger charge is -2.01. The van der Waals surface area contributed by atoms with E-state index >= 15 is 0 Å². The SMILES string of the molecule is NS(=O)(=O)c1cn(CCCF)c2ccccc12. The molecule has 2 N–H and O–H groups in total. The molecule has 2 rings (SSSR count). The molecule has 0 spiro atoms. The number of nitrogens with zero attached hydrogens (tertiary/aromatic N) is 1. The van der Waals surface area contributed by atoms with Crippen molar-refractivity contribution < 1.29 is 12.8 Å². The van der Waals surface area contributed by atoms with Gasteiger partial charge in [0.2, 0.25) is 10.0 Å². The number of fused-ring (bicyclic) bond motifs is 1. The van der Waals surface area contributed by atoms with Crippen LogP contribution in [0.25, 0.3) is 10.9 Å². The Bertz CT molecular complexity index is 634. The Balaban J connectivity index is 2.63. The number of sulfonamides is 1. The molecule has 0 aliphatic heterocycles. The van der Waals surface area contributed by atoms with Crippen LogP contribution in [0.1, 0.15) is 6.42 Å². The molecule has 0 saturated carbocycles. The van der Waals surface area contributed by atoms with Crippen LogP contribution in [0.4, 0.5) is 4.39 Å². The van der Waals surface area contributed by atoms with Crippen LogP contribution in [0.3, 0.4) is 0 Å². The molecule has 0 amide bonds. The molecule has 17 heavy (non-hydrogen) atoms. The third-order valence-electron chi connectivity index (χ3n) is 2.59. The first-order chi connectivity index (χ1) is 8.04. The fourth-order valence-corrected chi connectivity index (χ4v) is 2.61. The van der Waals surface area contributed by atoms with E-state index in [-0.39, 0.29) is 4.90 Å². The number of halogens is 1. The first kappa shape index (κ1) is 12.1. The van der Waals surface area contributed by atoms with Crippen LogP contribution < -0.4 is 5.14 Å². The maximum Gasteiger partial charge on any atom is 0.240 e. The van der Waals surface area contributed by atoms with Gasteiger partial charge < -0.3 is 4.57 Å². The minimum absolute atomic E-state index is 0.0898. The van der Waals surface area contributed by atoms with Gasteiger partial charge in [-0.05, 0) is 12.5 Å². The van der Waals surface area contributed by atoms with Crippen LogP contribution in [-0.4, -0.2) is 19.7 Å². The van der Waals surface area contributed by atoms with Gasteiger partial charge in [0.15, 0.2) is 0 Å². The van der Waals surface area contributed by atoms with Gasteiger partial charge in [-0.1, -0.05) is 18.2 Å². The molecule has 0 atom stereocenters. The Kier molecular flexibility index (Phi) is 3.17. The van der Waals surface area contributed by atoms with E-state index in [1.165, 1.54) is 6.20 Å². The van der Waals surface area contributed by atoms with E-state index < -0.39 is 16.7 Å². The Morgan fingerprint density at radius 2 is 2.00 bits per heavy atom. The fourth-order valence-electron chi connectivity index (χ4n) is 1.85. The van der Waals surface area contributed by atoms with Crippen molar-refractivity contribution in [2.24, 2.45) is 5.14 Å². The number of primary sulfonamides is 1. The smallest absolute Gasteiger partial charge is 0.240 e. The van der Waals surface area contributed by atoms with Crippen molar-refractivity contribution in [2.75, 3.05) is 6.67 Å². The van der Waals surface area contributed by atoms with Gasteiger partial charge in [-0.25, -0.2) is 13.6 Å². The standard InChI is InChI=1S/C11H13FN2O2S/c12-6-3-7-14-8-11(17(13,15)16)9-4-1-2-5-10(9)14/h1-2,4-5,8H,3,6-7H2,(H2,13,15,16). The maximum absolute atomic E-state index is 12.2. The van der Waals surface area contributed by atoms with Crippen LogP contribution in [0.5, 0.6) is 0 Å². The lowest BCUT2D eigenvalue weighted by molar-refractivity contribution is 0.449. The topological polar surface area (TPSA) is 65.1 Å². The van der Waals surface area contributed by atoms with Crippen LogP contribution in [-0.2, 0) is 16.6 Å². The van der Waals surface area contributed by atoms with Gasteiger partial charge in [0.1, 0.15) is 4.90 Å². The van der Waals surface area contributed by atoms with Crippen molar-refractivity contribution in [1.82, 2.24) is 4.57 Å². The molecule has 92 valence electrons. The molecule has 0 unspecified atom stereocenters. The van der Waals surface area contributed by atoms with Gasteiger partial charge in [0.25, 0.3) is 0 Å². The number of hydrogen-bond acceptors (Lipinski definition) is 2. The number of nitrogens with two attached hydrogens (primary N) is 1. The van der Waals surface area contributed by atoms with Gasteiger partial charge in [0, 0.05) is 23.6 Å². The van der Waals surface area contributed by atoms with Crippen LogP contribution >= 0.6 is 0 Å². The first-order valence-electron chi connectivity index (χ1n) is 5.20. The molecule has 0 aliphatic carbocycles. The molecule has 1 heterocycles. The minimum atomic E-state index is -3.75. The summed E-state index contributed by atoms with van der Waals surface area (Å²) in [6, 6.07) is 7.04. The van der Waals surface area contributed by atoms with Crippen LogP contribution in [0.2, 0.25) is 0 Å². The van der Waals surface area contributed by atoms with E-state index in [2.05, 4.69) is 0 Å². The second-order valence-electron chi connectivity index (χ2n) is 3.79. The predicted octanol–water partition coefficient (Wildman–Crippen LogP) is 1.65. The number of aromatic nitrogens is 1. The summed E-state index contributed by atoms with van der Waals surface area (Å²) in [4.78, 5) is 0.0898. The van der Waals surface area contributed by atoms with Crippen LogP contribution in [0, 0.1) is 0 Å². The molecule has 6 heteroatoms. The summed E-state index contributed by atoms with van der Waals surface area (Å²) in [6.45, 7) is 0.00372. The van der Waals surface area contributed by atoms with Gasteiger partial charge in [-0.3, -0.25) is 4.39 Å². The fraction of sp³-hybridized carbons (Fsp3) is 0.273. The van der Waals surface area contributed by atoms with Gasteiger partial charge in [0.05, 0.1) is 6.67 Å². The number of aryl methyl sites for hydroxylation is 1. The third kappa shape index (κ3) is 2.32. The summed E-state index contributed by atoms with van der Waals surface area (Å²) in [5.74, 6) is 0. The van der Waals surface area contributed by atoms with Crippen molar-refractivity contribution >= 4 is 20.9 Å². The van der Waals surface area contributed by atoms with E-state index in [1.54, 1.807) is 28.8 Å².